The van der Waals surface area contributed by atoms with Crippen LogP contribution in [0, 0.1) is 17.7 Å². The van der Waals surface area contributed by atoms with Gasteiger partial charge in [-0.1, -0.05) is 11.8 Å². The fraction of sp³-hybridized carbons (Fsp3) is 0.385. The largest absolute Gasteiger partial charge is 0.492 e. The van der Waals surface area contributed by atoms with Gasteiger partial charge in [-0.05, 0) is 18.6 Å². The number of hydrogen-bond acceptors (Lipinski definition) is 4. The summed E-state index contributed by atoms with van der Waals surface area (Å²) in [4.78, 5) is 0. The third-order valence-electron chi connectivity index (χ3n) is 2.16. The van der Waals surface area contributed by atoms with Crippen LogP contribution in [-0.2, 0) is 9.84 Å². The topological polar surface area (TPSA) is 63.6 Å². The van der Waals surface area contributed by atoms with Gasteiger partial charge in [0.05, 0.1) is 17.9 Å². The normalized spacial score (nSPS) is 10.7. The maximum absolute atomic E-state index is 13.1. The summed E-state index contributed by atoms with van der Waals surface area (Å²) in [5, 5.41) is 8.62. The highest BCUT2D eigenvalue weighted by Gasteiger charge is 2.05. The zero-order chi connectivity index (χ0) is 14.3. The molecule has 1 N–H and O–H groups in total. The van der Waals surface area contributed by atoms with Crippen molar-refractivity contribution in [1.82, 2.24) is 0 Å². The van der Waals surface area contributed by atoms with Crippen LogP contribution in [0.25, 0.3) is 0 Å². The van der Waals surface area contributed by atoms with Crippen LogP contribution in [0.3, 0.4) is 0 Å². The molecule has 19 heavy (non-hydrogen) atoms. The molecule has 4 nitrogen and oxygen atoms in total. The Morgan fingerprint density at radius 1 is 1.42 bits per heavy atom. The number of hydrogen-bond donors (Lipinski definition) is 1. The van der Waals surface area contributed by atoms with E-state index in [-0.39, 0.29) is 24.7 Å². The van der Waals surface area contributed by atoms with Gasteiger partial charge in [0.1, 0.15) is 28.0 Å². The van der Waals surface area contributed by atoms with E-state index in [9.17, 15) is 12.8 Å². The molecule has 0 aromatic heterocycles. The van der Waals surface area contributed by atoms with Gasteiger partial charge in [0, 0.05) is 12.3 Å². The molecule has 0 saturated heterocycles. The quantitative estimate of drug-likeness (QED) is 0.647. The van der Waals surface area contributed by atoms with E-state index < -0.39 is 15.7 Å². The lowest BCUT2D eigenvalue weighted by Crippen LogP contribution is -2.08. The first kappa shape index (κ1) is 15.5. The Morgan fingerprint density at radius 2 is 2.16 bits per heavy atom. The molecule has 0 radical (unpaired) electrons. The predicted octanol–water partition coefficient (Wildman–Crippen LogP) is 0.983. The van der Waals surface area contributed by atoms with E-state index in [0.29, 0.717) is 12.0 Å². The van der Waals surface area contributed by atoms with Crippen LogP contribution in [-0.4, -0.2) is 38.7 Å². The summed E-state index contributed by atoms with van der Waals surface area (Å²) >= 11 is 0. The van der Waals surface area contributed by atoms with Crippen molar-refractivity contribution < 1.29 is 22.7 Å². The van der Waals surface area contributed by atoms with Gasteiger partial charge in [-0.2, -0.15) is 0 Å². The van der Waals surface area contributed by atoms with Crippen LogP contribution in [0.5, 0.6) is 5.75 Å². The highest BCUT2D eigenvalue weighted by atomic mass is 32.2. The average Bonchev–Trinajstić information content (AvgIpc) is 2.32. The maximum atomic E-state index is 13.1. The van der Waals surface area contributed by atoms with Gasteiger partial charge in [-0.15, -0.1) is 0 Å². The molecular weight excluding hydrogens is 271 g/mol. The Labute approximate surface area is 112 Å². The van der Waals surface area contributed by atoms with Gasteiger partial charge in [0.2, 0.25) is 0 Å². The van der Waals surface area contributed by atoms with Crippen molar-refractivity contribution in [1.29, 1.82) is 0 Å². The highest BCUT2D eigenvalue weighted by Crippen LogP contribution is 2.19. The molecule has 0 aliphatic carbocycles. The SMILES string of the molecule is CS(=O)(=O)CCCOc1cc(F)ccc1C#CCO. The number of aliphatic hydroxyl groups is 1. The Morgan fingerprint density at radius 3 is 2.79 bits per heavy atom. The second-order valence-electron chi connectivity index (χ2n) is 3.93. The van der Waals surface area contributed by atoms with Crippen LogP contribution in [0.1, 0.15) is 12.0 Å². The van der Waals surface area contributed by atoms with Crippen molar-refractivity contribution in [3.63, 3.8) is 0 Å². The molecule has 0 aliphatic rings. The molecule has 0 bridgehead atoms. The second kappa shape index (κ2) is 7.12. The van der Waals surface area contributed by atoms with E-state index in [1.807, 2.05) is 0 Å². The summed E-state index contributed by atoms with van der Waals surface area (Å²) in [5.74, 6) is 4.88. The minimum Gasteiger partial charge on any atom is -0.492 e. The smallest absolute Gasteiger partial charge is 0.147 e. The summed E-state index contributed by atoms with van der Waals surface area (Å²) < 4.78 is 40.3. The average molecular weight is 286 g/mol. The van der Waals surface area contributed by atoms with Crippen LogP contribution < -0.4 is 4.74 Å². The monoisotopic (exact) mass is 286 g/mol. The molecule has 1 aromatic rings. The first-order valence-corrected chi connectivity index (χ1v) is 7.68. The Bertz CT molecular complexity index is 584. The number of rotatable bonds is 5. The van der Waals surface area contributed by atoms with E-state index in [4.69, 9.17) is 9.84 Å². The van der Waals surface area contributed by atoms with Gasteiger partial charge in [-0.3, -0.25) is 0 Å². The van der Waals surface area contributed by atoms with Crippen molar-refractivity contribution in [2.24, 2.45) is 0 Å². The molecule has 0 heterocycles. The molecule has 1 rings (SSSR count). The van der Waals surface area contributed by atoms with Crippen molar-refractivity contribution in [3.8, 4) is 17.6 Å². The van der Waals surface area contributed by atoms with Gasteiger partial charge in [0.15, 0.2) is 0 Å². The summed E-state index contributed by atoms with van der Waals surface area (Å²) in [7, 11) is -3.03. The molecular formula is C13H15FO4S. The van der Waals surface area contributed by atoms with E-state index in [1.165, 1.54) is 18.2 Å². The van der Waals surface area contributed by atoms with Crippen molar-refractivity contribution in [2.45, 2.75) is 6.42 Å². The molecule has 0 amide bonds. The Balaban J connectivity index is 2.68. The lowest BCUT2D eigenvalue weighted by Gasteiger charge is -2.08. The summed E-state index contributed by atoms with van der Waals surface area (Å²) in [5.41, 5.74) is 0.454. The minimum atomic E-state index is -3.03. The highest BCUT2D eigenvalue weighted by molar-refractivity contribution is 7.90. The summed E-state index contributed by atoms with van der Waals surface area (Å²) in [6.07, 6.45) is 1.47. The Kier molecular flexibility index (Phi) is 5.80. The molecule has 0 aliphatic heterocycles. The molecule has 0 spiro atoms. The number of aliphatic hydroxyl groups excluding tert-OH is 1. The molecule has 0 fully saturated rings. The zero-order valence-electron chi connectivity index (χ0n) is 10.5. The molecule has 1 aromatic carbocycles. The van der Waals surface area contributed by atoms with Gasteiger partial charge in [-0.25, -0.2) is 12.8 Å². The van der Waals surface area contributed by atoms with Crippen LogP contribution in [0.15, 0.2) is 18.2 Å². The zero-order valence-corrected chi connectivity index (χ0v) is 11.3. The van der Waals surface area contributed by atoms with E-state index in [2.05, 4.69) is 11.8 Å². The number of halogens is 1. The third kappa shape index (κ3) is 6.22. The fourth-order valence-corrected chi connectivity index (χ4v) is 2.00. The standard InChI is InChI=1S/C13H15FO4S/c1-19(16,17)9-3-8-18-13-10-12(14)6-5-11(13)4-2-7-15/h5-6,10,15H,3,7-9H2,1H3. The van der Waals surface area contributed by atoms with Crippen LogP contribution in [0.2, 0.25) is 0 Å². The van der Waals surface area contributed by atoms with E-state index in [0.717, 1.165) is 6.26 Å². The molecule has 0 saturated carbocycles. The third-order valence-corrected chi connectivity index (χ3v) is 3.19. The van der Waals surface area contributed by atoms with Gasteiger partial charge >= 0.3 is 0 Å². The first-order valence-electron chi connectivity index (χ1n) is 5.62. The van der Waals surface area contributed by atoms with Crippen LogP contribution in [0.4, 0.5) is 4.39 Å². The minimum absolute atomic E-state index is 0.0139. The number of sulfone groups is 1. The van der Waals surface area contributed by atoms with Crippen LogP contribution >= 0.6 is 0 Å². The Hall–Kier alpha value is -1.58. The van der Waals surface area contributed by atoms with E-state index in [1.54, 1.807) is 0 Å². The molecule has 0 atom stereocenters. The van der Waals surface area contributed by atoms with Gasteiger partial charge in [0.25, 0.3) is 0 Å². The second-order valence-corrected chi connectivity index (χ2v) is 6.19. The fourth-order valence-electron chi connectivity index (χ4n) is 1.36. The van der Waals surface area contributed by atoms with Crippen molar-refractivity contribution in [2.75, 3.05) is 25.2 Å². The lowest BCUT2D eigenvalue weighted by atomic mass is 10.2. The first-order chi connectivity index (χ1) is 8.92. The maximum Gasteiger partial charge on any atom is 0.147 e. The summed E-state index contributed by atoms with van der Waals surface area (Å²) in [6.45, 7) is -0.144. The number of ether oxygens (including phenoxy) is 1. The lowest BCUT2D eigenvalue weighted by molar-refractivity contribution is 0.315. The summed E-state index contributed by atoms with van der Waals surface area (Å²) in [6, 6.07) is 3.87. The van der Waals surface area contributed by atoms with Crippen molar-refractivity contribution in [3.05, 3.63) is 29.6 Å². The molecule has 104 valence electrons. The van der Waals surface area contributed by atoms with Crippen molar-refractivity contribution >= 4 is 9.84 Å². The van der Waals surface area contributed by atoms with Gasteiger partial charge < -0.3 is 9.84 Å². The van der Waals surface area contributed by atoms with E-state index >= 15 is 0 Å². The molecule has 0 unspecified atom stereocenters. The number of benzene rings is 1. The predicted molar refractivity (Wildman–Crippen MR) is 70.2 cm³/mol. The molecule has 6 heteroatoms.